The van der Waals surface area contributed by atoms with Gasteiger partial charge in [-0.3, -0.25) is 9.69 Å². The maximum atomic E-state index is 11.9. The van der Waals surface area contributed by atoms with Crippen molar-refractivity contribution >= 4 is 17.2 Å². The van der Waals surface area contributed by atoms with Gasteiger partial charge < -0.3 is 10.6 Å². The minimum atomic E-state index is 0.159. The number of nitrogens with zero attached hydrogens (tertiary/aromatic N) is 1. The summed E-state index contributed by atoms with van der Waals surface area (Å²) in [6.45, 7) is 4.44. The Morgan fingerprint density at radius 3 is 3.20 bits per heavy atom. The summed E-state index contributed by atoms with van der Waals surface area (Å²) in [6, 6.07) is 4.17. The number of piperidine rings is 1. The SMILES string of the molecule is CNCC1CCCN(CC(=O)NCCc2cccs2)C1. The average molecular weight is 295 g/mol. The summed E-state index contributed by atoms with van der Waals surface area (Å²) in [7, 11) is 2.00. The highest BCUT2D eigenvalue weighted by Gasteiger charge is 2.20. The molecule has 1 aromatic rings. The molecule has 20 heavy (non-hydrogen) atoms. The van der Waals surface area contributed by atoms with Crippen molar-refractivity contribution in [2.75, 3.05) is 39.8 Å². The van der Waals surface area contributed by atoms with Crippen molar-refractivity contribution in [1.29, 1.82) is 0 Å². The van der Waals surface area contributed by atoms with Gasteiger partial charge in [0.15, 0.2) is 0 Å². The van der Waals surface area contributed by atoms with Crippen molar-refractivity contribution in [3.05, 3.63) is 22.4 Å². The van der Waals surface area contributed by atoms with Crippen LogP contribution in [0.3, 0.4) is 0 Å². The lowest BCUT2D eigenvalue weighted by atomic mass is 9.98. The normalized spacial score (nSPS) is 19.9. The molecule has 2 N–H and O–H groups in total. The van der Waals surface area contributed by atoms with Gasteiger partial charge in [0.1, 0.15) is 0 Å². The van der Waals surface area contributed by atoms with Crippen molar-refractivity contribution in [2.45, 2.75) is 19.3 Å². The molecule has 1 aliphatic heterocycles. The van der Waals surface area contributed by atoms with Crippen LogP contribution in [-0.2, 0) is 11.2 Å². The number of rotatable bonds is 7. The zero-order valence-electron chi connectivity index (χ0n) is 12.2. The molecule has 1 saturated heterocycles. The second kappa shape index (κ2) is 8.39. The third-order valence-corrected chi connectivity index (χ3v) is 4.67. The van der Waals surface area contributed by atoms with Gasteiger partial charge >= 0.3 is 0 Å². The van der Waals surface area contributed by atoms with E-state index in [4.69, 9.17) is 0 Å². The molecule has 1 atom stereocenters. The van der Waals surface area contributed by atoms with Gasteiger partial charge in [-0.05, 0) is 56.8 Å². The van der Waals surface area contributed by atoms with Gasteiger partial charge in [-0.2, -0.15) is 0 Å². The molecule has 112 valence electrons. The minimum Gasteiger partial charge on any atom is -0.355 e. The highest BCUT2D eigenvalue weighted by atomic mass is 32.1. The van der Waals surface area contributed by atoms with Crippen LogP contribution in [0.2, 0.25) is 0 Å². The zero-order chi connectivity index (χ0) is 14.2. The van der Waals surface area contributed by atoms with E-state index in [-0.39, 0.29) is 5.91 Å². The smallest absolute Gasteiger partial charge is 0.234 e. The first-order valence-corrected chi connectivity index (χ1v) is 8.32. The van der Waals surface area contributed by atoms with E-state index in [0.29, 0.717) is 12.5 Å². The lowest BCUT2D eigenvalue weighted by Crippen LogP contribution is -2.44. The Morgan fingerprint density at radius 1 is 1.55 bits per heavy atom. The number of likely N-dealkylation sites (tertiary alicyclic amines) is 1. The molecule has 4 nitrogen and oxygen atoms in total. The van der Waals surface area contributed by atoms with Gasteiger partial charge in [-0.25, -0.2) is 0 Å². The summed E-state index contributed by atoms with van der Waals surface area (Å²) in [5, 5.41) is 8.34. The predicted octanol–water partition coefficient (Wildman–Crippen LogP) is 1.34. The number of nitrogens with one attached hydrogen (secondary N) is 2. The minimum absolute atomic E-state index is 0.159. The number of amides is 1. The topological polar surface area (TPSA) is 44.4 Å². The van der Waals surface area contributed by atoms with Crippen LogP contribution in [0.4, 0.5) is 0 Å². The molecule has 0 aromatic carbocycles. The van der Waals surface area contributed by atoms with E-state index < -0.39 is 0 Å². The van der Waals surface area contributed by atoms with Gasteiger partial charge in [-0.1, -0.05) is 6.07 Å². The van der Waals surface area contributed by atoms with Gasteiger partial charge in [0.05, 0.1) is 6.54 Å². The third-order valence-electron chi connectivity index (χ3n) is 3.74. The van der Waals surface area contributed by atoms with E-state index in [1.807, 2.05) is 7.05 Å². The highest BCUT2D eigenvalue weighted by Crippen LogP contribution is 2.15. The molecular formula is C15H25N3OS. The van der Waals surface area contributed by atoms with Crippen molar-refractivity contribution < 1.29 is 4.79 Å². The van der Waals surface area contributed by atoms with E-state index in [1.54, 1.807) is 11.3 Å². The molecule has 0 bridgehead atoms. The summed E-state index contributed by atoms with van der Waals surface area (Å²) < 4.78 is 0. The summed E-state index contributed by atoms with van der Waals surface area (Å²) in [5.41, 5.74) is 0. The monoisotopic (exact) mass is 295 g/mol. The summed E-state index contributed by atoms with van der Waals surface area (Å²) in [4.78, 5) is 15.6. The van der Waals surface area contributed by atoms with E-state index in [0.717, 1.165) is 32.6 Å². The quantitative estimate of drug-likeness (QED) is 0.798. The Labute approximate surface area is 125 Å². The fraction of sp³-hybridized carbons (Fsp3) is 0.667. The van der Waals surface area contributed by atoms with Gasteiger partial charge in [0.2, 0.25) is 5.91 Å². The van der Waals surface area contributed by atoms with Crippen LogP contribution in [0, 0.1) is 5.92 Å². The van der Waals surface area contributed by atoms with Crippen LogP contribution in [0.1, 0.15) is 17.7 Å². The second-order valence-electron chi connectivity index (χ2n) is 5.48. The lowest BCUT2D eigenvalue weighted by molar-refractivity contribution is -0.122. The predicted molar refractivity (Wildman–Crippen MR) is 84.1 cm³/mol. The van der Waals surface area contributed by atoms with Gasteiger partial charge in [0, 0.05) is 18.0 Å². The van der Waals surface area contributed by atoms with Crippen molar-refractivity contribution in [1.82, 2.24) is 15.5 Å². The second-order valence-corrected chi connectivity index (χ2v) is 6.51. The van der Waals surface area contributed by atoms with Crippen LogP contribution in [0.15, 0.2) is 17.5 Å². The Balaban J connectivity index is 1.63. The molecule has 0 aliphatic carbocycles. The standard InChI is InChI=1S/C15H25N3OS/c1-16-10-13-4-2-8-18(11-13)12-15(19)17-7-6-14-5-3-9-20-14/h3,5,9,13,16H,2,4,6-8,10-12H2,1H3,(H,17,19). The molecule has 1 fully saturated rings. The molecule has 0 saturated carbocycles. The van der Waals surface area contributed by atoms with Crippen molar-refractivity contribution in [2.24, 2.45) is 5.92 Å². The summed E-state index contributed by atoms with van der Waals surface area (Å²) in [5.74, 6) is 0.847. The lowest BCUT2D eigenvalue weighted by Gasteiger charge is -2.32. The van der Waals surface area contributed by atoms with Crippen molar-refractivity contribution in [3.8, 4) is 0 Å². The van der Waals surface area contributed by atoms with Crippen LogP contribution >= 0.6 is 11.3 Å². The molecule has 1 unspecified atom stereocenters. The Morgan fingerprint density at radius 2 is 2.45 bits per heavy atom. The van der Waals surface area contributed by atoms with E-state index in [1.165, 1.54) is 17.7 Å². The molecule has 1 amide bonds. The summed E-state index contributed by atoms with van der Waals surface area (Å²) >= 11 is 1.75. The summed E-state index contributed by atoms with van der Waals surface area (Å²) in [6.07, 6.45) is 3.41. The Kier molecular flexibility index (Phi) is 6.50. The zero-order valence-corrected chi connectivity index (χ0v) is 13.0. The number of carbonyl (C=O) groups excluding carboxylic acids is 1. The number of thiophene rings is 1. The van der Waals surface area contributed by atoms with E-state index in [9.17, 15) is 4.79 Å². The van der Waals surface area contributed by atoms with E-state index in [2.05, 4.69) is 33.0 Å². The first kappa shape index (κ1) is 15.5. The third kappa shape index (κ3) is 5.23. The number of hydrogen-bond acceptors (Lipinski definition) is 4. The average Bonchev–Trinajstić information content (AvgIpc) is 2.93. The maximum absolute atomic E-state index is 11.9. The fourth-order valence-corrected chi connectivity index (χ4v) is 3.50. The molecule has 0 radical (unpaired) electrons. The largest absolute Gasteiger partial charge is 0.355 e. The highest BCUT2D eigenvalue weighted by molar-refractivity contribution is 7.09. The van der Waals surface area contributed by atoms with Gasteiger partial charge in [-0.15, -0.1) is 11.3 Å². The fourth-order valence-electron chi connectivity index (χ4n) is 2.79. The molecule has 0 spiro atoms. The van der Waals surface area contributed by atoms with Crippen LogP contribution in [0.5, 0.6) is 0 Å². The Bertz CT molecular complexity index is 392. The first-order chi connectivity index (χ1) is 9.78. The molecule has 1 aliphatic rings. The van der Waals surface area contributed by atoms with Crippen LogP contribution < -0.4 is 10.6 Å². The molecule has 1 aromatic heterocycles. The maximum Gasteiger partial charge on any atom is 0.234 e. The molecular weight excluding hydrogens is 270 g/mol. The molecule has 2 heterocycles. The van der Waals surface area contributed by atoms with Crippen molar-refractivity contribution in [3.63, 3.8) is 0 Å². The number of carbonyl (C=O) groups is 1. The molecule has 2 rings (SSSR count). The van der Waals surface area contributed by atoms with Crippen LogP contribution in [0.25, 0.3) is 0 Å². The Hall–Kier alpha value is -0.910. The first-order valence-electron chi connectivity index (χ1n) is 7.44. The van der Waals surface area contributed by atoms with Gasteiger partial charge in [0.25, 0.3) is 0 Å². The van der Waals surface area contributed by atoms with E-state index >= 15 is 0 Å². The molecule has 5 heteroatoms. The van der Waals surface area contributed by atoms with Crippen LogP contribution in [-0.4, -0.2) is 50.6 Å². The number of hydrogen-bond donors (Lipinski definition) is 2.